The van der Waals surface area contributed by atoms with Crippen LogP contribution >= 0.6 is 0 Å². The second-order valence-corrected chi connectivity index (χ2v) is 5.56. The van der Waals surface area contributed by atoms with E-state index in [-0.39, 0.29) is 18.6 Å². The molecule has 0 N–H and O–H groups in total. The van der Waals surface area contributed by atoms with Crippen LogP contribution in [0.4, 0.5) is 0 Å². The average molecular weight is 300 g/mol. The Hall–Kier alpha value is -2.21. The van der Waals surface area contributed by atoms with E-state index in [0.29, 0.717) is 19.7 Å². The molecule has 0 radical (unpaired) electrons. The van der Waals surface area contributed by atoms with Crippen LogP contribution in [0.15, 0.2) is 30.6 Å². The van der Waals surface area contributed by atoms with Crippen LogP contribution in [0.5, 0.6) is 0 Å². The molecule has 22 heavy (non-hydrogen) atoms. The van der Waals surface area contributed by atoms with Crippen LogP contribution in [0.2, 0.25) is 0 Å². The summed E-state index contributed by atoms with van der Waals surface area (Å²) in [4.78, 5) is 18.4. The van der Waals surface area contributed by atoms with Gasteiger partial charge in [-0.15, -0.1) is 0 Å². The fraction of sp³-hybridized carbons (Fsp3) is 0.438. The lowest BCUT2D eigenvalue weighted by atomic mass is 10.1. The number of carbonyl (C=O) groups excluding carboxylic acids is 1. The topological polar surface area (TPSA) is 60.2 Å². The minimum atomic E-state index is -0.0823. The molecule has 3 rings (SSSR count). The molecule has 0 aliphatic carbocycles. The molecular formula is C16H20N4O2. The lowest BCUT2D eigenvalue weighted by molar-refractivity contribution is -0.139. The van der Waals surface area contributed by atoms with Crippen molar-refractivity contribution < 1.29 is 9.53 Å². The molecular weight excluding hydrogens is 280 g/mol. The van der Waals surface area contributed by atoms with Gasteiger partial charge >= 0.3 is 0 Å². The quantitative estimate of drug-likeness (QED) is 0.862. The fourth-order valence-electron chi connectivity index (χ4n) is 2.72. The molecule has 0 unspecified atom stereocenters. The van der Waals surface area contributed by atoms with Crippen molar-refractivity contribution in [2.24, 2.45) is 0 Å². The predicted molar refractivity (Wildman–Crippen MR) is 81.2 cm³/mol. The van der Waals surface area contributed by atoms with Gasteiger partial charge in [0, 0.05) is 24.6 Å². The number of amides is 1. The maximum absolute atomic E-state index is 12.5. The Labute approximate surface area is 129 Å². The van der Waals surface area contributed by atoms with Gasteiger partial charge in [0.1, 0.15) is 12.6 Å². The first kappa shape index (κ1) is 14.7. The average Bonchev–Trinajstić information content (AvgIpc) is 2.86. The first-order chi connectivity index (χ1) is 10.6. The summed E-state index contributed by atoms with van der Waals surface area (Å²) in [5.41, 5.74) is 2.99. The number of hydrogen-bond acceptors (Lipinski definition) is 4. The Morgan fingerprint density at radius 3 is 2.82 bits per heavy atom. The molecule has 1 saturated heterocycles. The monoisotopic (exact) mass is 300 g/mol. The Morgan fingerprint density at radius 1 is 1.36 bits per heavy atom. The highest BCUT2D eigenvalue weighted by molar-refractivity contribution is 5.76. The van der Waals surface area contributed by atoms with E-state index in [4.69, 9.17) is 4.74 Å². The van der Waals surface area contributed by atoms with Crippen molar-refractivity contribution in [3.63, 3.8) is 0 Å². The third-order valence-electron chi connectivity index (χ3n) is 3.89. The maximum Gasteiger partial charge on any atom is 0.244 e. The van der Waals surface area contributed by atoms with Crippen LogP contribution in [-0.2, 0) is 16.1 Å². The second kappa shape index (κ2) is 6.27. The van der Waals surface area contributed by atoms with Crippen molar-refractivity contribution in [2.75, 3.05) is 19.7 Å². The number of ether oxygens (including phenoxy) is 1. The molecule has 6 nitrogen and oxygen atoms in total. The van der Waals surface area contributed by atoms with Gasteiger partial charge in [-0.05, 0) is 37.6 Å². The van der Waals surface area contributed by atoms with Crippen LogP contribution < -0.4 is 0 Å². The Balaban J connectivity index is 1.67. The first-order valence-electron chi connectivity index (χ1n) is 7.44. The fourth-order valence-corrected chi connectivity index (χ4v) is 2.72. The molecule has 6 heteroatoms. The highest BCUT2D eigenvalue weighted by Crippen LogP contribution is 2.21. The van der Waals surface area contributed by atoms with Gasteiger partial charge in [-0.2, -0.15) is 5.10 Å². The Kier molecular flexibility index (Phi) is 4.20. The molecule has 0 bridgehead atoms. The SMILES string of the molecule is Cc1cc(C)n(CC(=O)N2CCO[C@@H](c3ccncc3)C2)n1. The van der Waals surface area contributed by atoms with Crippen LogP contribution in [0, 0.1) is 13.8 Å². The summed E-state index contributed by atoms with van der Waals surface area (Å²) in [5, 5.41) is 4.35. The van der Waals surface area contributed by atoms with Crippen LogP contribution in [-0.4, -0.2) is 45.3 Å². The molecule has 2 aromatic heterocycles. The molecule has 3 heterocycles. The smallest absolute Gasteiger partial charge is 0.244 e. The van der Waals surface area contributed by atoms with Crippen molar-refractivity contribution in [3.8, 4) is 0 Å². The Morgan fingerprint density at radius 2 is 2.14 bits per heavy atom. The van der Waals surface area contributed by atoms with Gasteiger partial charge in [-0.1, -0.05) is 0 Å². The molecule has 1 aliphatic rings. The van der Waals surface area contributed by atoms with E-state index in [1.807, 2.05) is 36.9 Å². The lowest BCUT2D eigenvalue weighted by Gasteiger charge is -2.33. The highest BCUT2D eigenvalue weighted by Gasteiger charge is 2.25. The second-order valence-electron chi connectivity index (χ2n) is 5.56. The third-order valence-corrected chi connectivity index (χ3v) is 3.89. The van der Waals surface area contributed by atoms with Crippen LogP contribution in [0.25, 0.3) is 0 Å². The van der Waals surface area contributed by atoms with E-state index in [1.165, 1.54) is 0 Å². The van der Waals surface area contributed by atoms with Gasteiger partial charge in [0.15, 0.2) is 0 Å². The van der Waals surface area contributed by atoms with Gasteiger partial charge in [0.25, 0.3) is 0 Å². The van der Waals surface area contributed by atoms with Gasteiger partial charge in [-0.3, -0.25) is 14.5 Å². The van der Waals surface area contributed by atoms with Crippen molar-refractivity contribution in [3.05, 3.63) is 47.5 Å². The van der Waals surface area contributed by atoms with Crippen molar-refractivity contribution in [1.29, 1.82) is 0 Å². The van der Waals surface area contributed by atoms with Gasteiger partial charge in [0.05, 0.1) is 18.8 Å². The number of pyridine rings is 1. The van der Waals surface area contributed by atoms with E-state index >= 15 is 0 Å². The van der Waals surface area contributed by atoms with E-state index < -0.39 is 0 Å². The molecule has 1 aliphatic heterocycles. The molecule has 0 saturated carbocycles. The highest BCUT2D eigenvalue weighted by atomic mass is 16.5. The number of carbonyl (C=O) groups is 1. The number of nitrogens with zero attached hydrogens (tertiary/aromatic N) is 4. The molecule has 2 aromatic rings. The standard InChI is InChI=1S/C16H20N4O2/c1-12-9-13(2)20(18-12)11-16(21)19-7-8-22-15(10-19)14-3-5-17-6-4-14/h3-6,9,15H,7-8,10-11H2,1-2H3/t15-/m1/s1. The molecule has 0 spiro atoms. The summed E-state index contributed by atoms with van der Waals surface area (Å²) >= 11 is 0. The molecule has 1 amide bonds. The van der Waals surface area contributed by atoms with E-state index in [2.05, 4.69) is 10.1 Å². The maximum atomic E-state index is 12.5. The van der Waals surface area contributed by atoms with Crippen molar-refractivity contribution >= 4 is 5.91 Å². The van der Waals surface area contributed by atoms with Crippen LogP contribution in [0.3, 0.4) is 0 Å². The Bertz CT molecular complexity index is 653. The largest absolute Gasteiger partial charge is 0.370 e. The number of hydrogen-bond donors (Lipinski definition) is 0. The number of aryl methyl sites for hydroxylation is 2. The van der Waals surface area contributed by atoms with E-state index in [9.17, 15) is 4.79 Å². The molecule has 1 fully saturated rings. The van der Waals surface area contributed by atoms with Crippen molar-refractivity contribution in [1.82, 2.24) is 19.7 Å². The number of rotatable bonds is 3. The van der Waals surface area contributed by atoms with E-state index in [1.54, 1.807) is 17.1 Å². The minimum absolute atomic E-state index is 0.0774. The minimum Gasteiger partial charge on any atom is -0.370 e. The summed E-state index contributed by atoms with van der Waals surface area (Å²) in [6, 6.07) is 5.84. The normalized spacial score (nSPS) is 18.5. The zero-order chi connectivity index (χ0) is 15.5. The summed E-state index contributed by atoms with van der Waals surface area (Å²) in [6.45, 7) is 5.93. The first-order valence-corrected chi connectivity index (χ1v) is 7.44. The summed E-state index contributed by atoms with van der Waals surface area (Å²) < 4.78 is 7.54. The zero-order valence-corrected chi connectivity index (χ0v) is 12.9. The molecule has 1 atom stereocenters. The predicted octanol–water partition coefficient (Wildman–Crippen LogP) is 1.50. The molecule has 116 valence electrons. The lowest BCUT2D eigenvalue weighted by Crippen LogP contribution is -2.43. The van der Waals surface area contributed by atoms with E-state index in [0.717, 1.165) is 17.0 Å². The van der Waals surface area contributed by atoms with Gasteiger partial charge in [0.2, 0.25) is 5.91 Å². The summed E-state index contributed by atoms with van der Waals surface area (Å²) in [5.74, 6) is 0.0774. The summed E-state index contributed by atoms with van der Waals surface area (Å²) in [7, 11) is 0. The van der Waals surface area contributed by atoms with Gasteiger partial charge in [-0.25, -0.2) is 0 Å². The zero-order valence-electron chi connectivity index (χ0n) is 12.9. The van der Waals surface area contributed by atoms with Crippen molar-refractivity contribution in [2.45, 2.75) is 26.5 Å². The molecule has 0 aromatic carbocycles. The third kappa shape index (κ3) is 3.17. The van der Waals surface area contributed by atoms with Crippen LogP contribution in [0.1, 0.15) is 23.1 Å². The number of aromatic nitrogens is 3. The number of morpholine rings is 1. The van der Waals surface area contributed by atoms with Gasteiger partial charge < -0.3 is 9.64 Å². The summed E-state index contributed by atoms with van der Waals surface area (Å²) in [6.07, 6.45) is 3.41.